The summed E-state index contributed by atoms with van der Waals surface area (Å²) >= 11 is 0. The first-order valence-electron chi connectivity index (χ1n) is 4.96. The topological polar surface area (TPSA) is 12.0 Å². The highest BCUT2D eigenvalue weighted by Gasteiger charge is 2.03. The molecule has 0 aromatic rings. The molecule has 72 valence electrons. The summed E-state index contributed by atoms with van der Waals surface area (Å²) in [5, 5.41) is 3.47. The Morgan fingerprint density at radius 2 is 1.92 bits per heavy atom. The van der Waals surface area contributed by atoms with Crippen molar-refractivity contribution < 1.29 is 0 Å². The van der Waals surface area contributed by atoms with Crippen molar-refractivity contribution in [1.29, 1.82) is 0 Å². The van der Waals surface area contributed by atoms with Crippen molar-refractivity contribution in [2.45, 2.75) is 46.6 Å². The predicted molar refractivity (Wildman–Crippen MR) is 56.4 cm³/mol. The summed E-state index contributed by atoms with van der Waals surface area (Å²) in [5.41, 5.74) is 1.30. The minimum atomic E-state index is 0.619. The monoisotopic (exact) mass is 169 g/mol. The van der Waals surface area contributed by atoms with Gasteiger partial charge in [-0.15, -0.1) is 0 Å². The summed E-state index contributed by atoms with van der Waals surface area (Å²) in [7, 11) is 0. The van der Waals surface area contributed by atoms with Crippen LogP contribution in [0.15, 0.2) is 12.2 Å². The fraction of sp³-hybridized carbons (Fsp3) is 0.818. The lowest BCUT2D eigenvalue weighted by atomic mass is 10.1. The molecule has 1 nitrogen and oxygen atoms in total. The van der Waals surface area contributed by atoms with Crippen molar-refractivity contribution in [1.82, 2.24) is 5.32 Å². The molecule has 0 bridgehead atoms. The first kappa shape index (κ1) is 11.7. The Hall–Kier alpha value is -0.300. The third-order valence-corrected chi connectivity index (χ3v) is 2.03. The average molecular weight is 169 g/mol. The van der Waals surface area contributed by atoms with Crippen LogP contribution in [0.25, 0.3) is 0 Å². The SMILES string of the molecule is C=C(CC)CNC(C)CC(C)C. The second-order valence-electron chi connectivity index (χ2n) is 4.02. The van der Waals surface area contributed by atoms with Crippen LogP contribution in [-0.2, 0) is 0 Å². The number of rotatable bonds is 6. The normalized spacial score (nSPS) is 13.4. The van der Waals surface area contributed by atoms with Gasteiger partial charge in [0.25, 0.3) is 0 Å². The Kier molecular flexibility index (Phi) is 6.09. The molecule has 0 fully saturated rings. The van der Waals surface area contributed by atoms with Crippen LogP contribution in [-0.4, -0.2) is 12.6 Å². The van der Waals surface area contributed by atoms with E-state index in [1.54, 1.807) is 0 Å². The summed E-state index contributed by atoms with van der Waals surface area (Å²) in [4.78, 5) is 0. The molecule has 12 heavy (non-hydrogen) atoms. The van der Waals surface area contributed by atoms with Crippen molar-refractivity contribution in [2.24, 2.45) is 5.92 Å². The van der Waals surface area contributed by atoms with Gasteiger partial charge in [-0.05, 0) is 25.7 Å². The van der Waals surface area contributed by atoms with Gasteiger partial charge in [0.1, 0.15) is 0 Å². The Labute approximate surface area is 77.2 Å². The van der Waals surface area contributed by atoms with Gasteiger partial charge in [-0.3, -0.25) is 0 Å². The van der Waals surface area contributed by atoms with Crippen molar-refractivity contribution in [3.63, 3.8) is 0 Å². The van der Waals surface area contributed by atoms with Crippen LogP contribution in [0.2, 0.25) is 0 Å². The quantitative estimate of drug-likeness (QED) is 0.603. The largest absolute Gasteiger partial charge is 0.311 e. The van der Waals surface area contributed by atoms with Gasteiger partial charge in [0.2, 0.25) is 0 Å². The average Bonchev–Trinajstić information content (AvgIpc) is 1.99. The molecule has 0 aromatic carbocycles. The lowest BCUT2D eigenvalue weighted by Crippen LogP contribution is -2.28. The third kappa shape index (κ3) is 6.41. The molecular weight excluding hydrogens is 146 g/mol. The van der Waals surface area contributed by atoms with Gasteiger partial charge in [0.05, 0.1) is 0 Å². The van der Waals surface area contributed by atoms with E-state index in [-0.39, 0.29) is 0 Å². The molecule has 0 amide bonds. The van der Waals surface area contributed by atoms with Gasteiger partial charge >= 0.3 is 0 Å². The van der Waals surface area contributed by atoms with Gasteiger partial charge in [0.15, 0.2) is 0 Å². The fourth-order valence-electron chi connectivity index (χ4n) is 1.23. The maximum Gasteiger partial charge on any atom is 0.0164 e. The molecule has 0 saturated heterocycles. The Bertz CT molecular complexity index is 127. The molecule has 0 aromatic heterocycles. The molecule has 0 aliphatic carbocycles. The summed E-state index contributed by atoms with van der Waals surface area (Å²) in [6.07, 6.45) is 2.33. The molecule has 0 saturated carbocycles. The minimum absolute atomic E-state index is 0.619. The first-order chi connectivity index (χ1) is 5.56. The number of nitrogens with one attached hydrogen (secondary N) is 1. The zero-order valence-electron chi connectivity index (χ0n) is 8.98. The van der Waals surface area contributed by atoms with Gasteiger partial charge in [-0.2, -0.15) is 0 Å². The highest BCUT2D eigenvalue weighted by molar-refractivity contribution is 4.95. The summed E-state index contributed by atoms with van der Waals surface area (Å²) in [6.45, 7) is 13.8. The fourth-order valence-corrected chi connectivity index (χ4v) is 1.23. The van der Waals surface area contributed by atoms with E-state index < -0.39 is 0 Å². The van der Waals surface area contributed by atoms with Crippen LogP contribution >= 0.6 is 0 Å². The van der Waals surface area contributed by atoms with E-state index in [9.17, 15) is 0 Å². The number of hydrogen-bond acceptors (Lipinski definition) is 1. The van der Waals surface area contributed by atoms with Crippen molar-refractivity contribution in [3.05, 3.63) is 12.2 Å². The Morgan fingerprint density at radius 1 is 1.33 bits per heavy atom. The molecule has 1 atom stereocenters. The lowest BCUT2D eigenvalue weighted by molar-refractivity contribution is 0.453. The Balaban J connectivity index is 3.43. The van der Waals surface area contributed by atoms with E-state index in [1.807, 2.05) is 0 Å². The maximum absolute atomic E-state index is 3.96. The van der Waals surface area contributed by atoms with Gasteiger partial charge < -0.3 is 5.32 Å². The second-order valence-corrected chi connectivity index (χ2v) is 4.02. The summed E-state index contributed by atoms with van der Waals surface area (Å²) < 4.78 is 0. The van der Waals surface area contributed by atoms with Gasteiger partial charge in [-0.1, -0.05) is 32.9 Å². The van der Waals surface area contributed by atoms with Crippen LogP contribution in [0.5, 0.6) is 0 Å². The summed E-state index contributed by atoms with van der Waals surface area (Å²) in [6, 6.07) is 0.619. The van der Waals surface area contributed by atoms with Crippen molar-refractivity contribution in [2.75, 3.05) is 6.54 Å². The summed E-state index contributed by atoms with van der Waals surface area (Å²) in [5.74, 6) is 0.780. The van der Waals surface area contributed by atoms with E-state index in [4.69, 9.17) is 0 Å². The Morgan fingerprint density at radius 3 is 2.33 bits per heavy atom. The van der Waals surface area contributed by atoms with Crippen LogP contribution < -0.4 is 5.32 Å². The van der Waals surface area contributed by atoms with Crippen LogP contribution in [0.4, 0.5) is 0 Å². The van der Waals surface area contributed by atoms with Crippen LogP contribution in [0.1, 0.15) is 40.5 Å². The molecule has 0 aliphatic heterocycles. The van der Waals surface area contributed by atoms with E-state index in [0.717, 1.165) is 18.9 Å². The van der Waals surface area contributed by atoms with E-state index in [0.29, 0.717) is 6.04 Å². The third-order valence-electron chi connectivity index (χ3n) is 2.03. The molecule has 1 unspecified atom stereocenters. The molecule has 0 radical (unpaired) electrons. The van der Waals surface area contributed by atoms with Gasteiger partial charge in [-0.25, -0.2) is 0 Å². The maximum atomic E-state index is 3.96. The molecule has 0 spiro atoms. The molecule has 1 N–H and O–H groups in total. The highest BCUT2D eigenvalue weighted by atomic mass is 14.9. The number of hydrogen-bond donors (Lipinski definition) is 1. The minimum Gasteiger partial charge on any atom is -0.311 e. The molecule has 0 rings (SSSR count). The van der Waals surface area contributed by atoms with Gasteiger partial charge in [0, 0.05) is 12.6 Å². The first-order valence-corrected chi connectivity index (χ1v) is 4.96. The molecule has 0 aliphatic rings. The second kappa shape index (κ2) is 6.24. The van der Waals surface area contributed by atoms with E-state index in [2.05, 4.69) is 39.6 Å². The zero-order valence-corrected chi connectivity index (χ0v) is 8.98. The molecular formula is C11H23N. The van der Waals surface area contributed by atoms with Crippen LogP contribution in [0.3, 0.4) is 0 Å². The van der Waals surface area contributed by atoms with Crippen molar-refractivity contribution in [3.8, 4) is 0 Å². The predicted octanol–water partition coefficient (Wildman–Crippen LogP) is 2.98. The van der Waals surface area contributed by atoms with Crippen molar-refractivity contribution >= 4 is 0 Å². The van der Waals surface area contributed by atoms with E-state index in [1.165, 1.54) is 12.0 Å². The lowest BCUT2D eigenvalue weighted by Gasteiger charge is -2.16. The standard InChI is InChI=1S/C11H23N/c1-6-10(4)8-12-11(5)7-9(2)3/h9,11-12H,4,6-8H2,1-3,5H3. The smallest absolute Gasteiger partial charge is 0.0164 e. The zero-order chi connectivity index (χ0) is 9.56. The van der Waals surface area contributed by atoms with E-state index >= 15 is 0 Å². The molecule has 1 heteroatoms. The highest BCUT2D eigenvalue weighted by Crippen LogP contribution is 2.04. The van der Waals surface area contributed by atoms with Crippen LogP contribution in [0, 0.1) is 5.92 Å². The molecule has 0 heterocycles.